The molecule has 1 rings (SSSR count). The van der Waals surface area contributed by atoms with Crippen LogP contribution in [0.25, 0.3) is 0 Å². The van der Waals surface area contributed by atoms with Crippen LogP contribution in [-0.4, -0.2) is 23.3 Å². The molecule has 19 heavy (non-hydrogen) atoms. The molecule has 5 nitrogen and oxygen atoms in total. The number of nitrogens with zero attached hydrogens (tertiary/aromatic N) is 1. The number of amides is 2. The molecule has 0 saturated heterocycles. The van der Waals surface area contributed by atoms with Gasteiger partial charge in [0.15, 0.2) is 0 Å². The van der Waals surface area contributed by atoms with Crippen molar-refractivity contribution in [1.82, 2.24) is 4.90 Å². The van der Waals surface area contributed by atoms with E-state index >= 15 is 0 Å². The molecule has 0 aliphatic rings. The largest absolute Gasteiger partial charge is 0.398 e. The lowest BCUT2D eigenvalue weighted by molar-refractivity contribution is -0.142. The number of nitrogens with two attached hydrogens (primary N) is 2. The third-order valence-corrected chi connectivity index (χ3v) is 2.69. The van der Waals surface area contributed by atoms with Gasteiger partial charge in [0.2, 0.25) is 11.8 Å². The van der Waals surface area contributed by atoms with Crippen molar-refractivity contribution in [2.45, 2.75) is 27.3 Å². The van der Waals surface area contributed by atoms with Gasteiger partial charge in [-0.3, -0.25) is 9.59 Å². The van der Waals surface area contributed by atoms with E-state index in [-0.39, 0.29) is 19.0 Å². The smallest absolute Gasteiger partial charge is 0.237 e. The van der Waals surface area contributed by atoms with Crippen molar-refractivity contribution in [3.63, 3.8) is 0 Å². The van der Waals surface area contributed by atoms with E-state index in [1.54, 1.807) is 26.8 Å². The predicted octanol–water partition coefficient (Wildman–Crippen LogP) is 1.13. The minimum Gasteiger partial charge on any atom is -0.398 e. The Morgan fingerprint density at radius 2 is 1.79 bits per heavy atom. The zero-order valence-electron chi connectivity index (χ0n) is 11.6. The second-order valence-electron chi connectivity index (χ2n) is 5.58. The SMILES string of the molecule is CC(C)(C)C(=O)N(CC(N)=O)Cc1ccccc1N. The zero-order valence-corrected chi connectivity index (χ0v) is 11.6. The summed E-state index contributed by atoms with van der Waals surface area (Å²) in [6.07, 6.45) is 0. The number of carbonyl (C=O) groups is 2. The number of anilines is 1. The molecule has 0 spiro atoms. The first-order valence-electron chi connectivity index (χ1n) is 6.13. The van der Waals surface area contributed by atoms with Crippen LogP contribution in [0.2, 0.25) is 0 Å². The van der Waals surface area contributed by atoms with E-state index in [4.69, 9.17) is 11.5 Å². The summed E-state index contributed by atoms with van der Waals surface area (Å²) in [6.45, 7) is 5.59. The molecule has 0 aliphatic heterocycles. The predicted molar refractivity (Wildman–Crippen MR) is 74.9 cm³/mol. The summed E-state index contributed by atoms with van der Waals surface area (Å²) >= 11 is 0. The van der Waals surface area contributed by atoms with Crippen molar-refractivity contribution in [2.75, 3.05) is 12.3 Å². The lowest BCUT2D eigenvalue weighted by atomic mass is 9.94. The Bertz CT molecular complexity index is 478. The van der Waals surface area contributed by atoms with Gasteiger partial charge in [-0.05, 0) is 11.6 Å². The topological polar surface area (TPSA) is 89.4 Å². The minimum atomic E-state index is -0.570. The Labute approximate surface area is 113 Å². The van der Waals surface area contributed by atoms with Crippen LogP contribution in [0.4, 0.5) is 5.69 Å². The Morgan fingerprint density at radius 3 is 2.26 bits per heavy atom. The molecule has 0 bridgehead atoms. The van der Waals surface area contributed by atoms with Crippen molar-refractivity contribution in [3.8, 4) is 0 Å². The van der Waals surface area contributed by atoms with Gasteiger partial charge in [-0.15, -0.1) is 0 Å². The van der Waals surface area contributed by atoms with Crippen molar-refractivity contribution in [1.29, 1.82) is 0 Å². The van der Waals surface area contributed by atoms with Crippen LogP contribution in [0, 0.1) is 5.41 Å². The third-order valence-electron chi connectivity index (χ3n) is 2.69. The summed E-state index contributed by atoms with van der Waals surface area (Å²) in [5.41, 5.74) is 11.9. The molecule has 5 heteroatoms. The second-order valence-corrected chi connectivity index (χ2v) is 5.58. The summed E-state index contributed by atoms with van der Waals surface area (Å²) in [7, 11) is 0. The molecule has 4 N–H and O–H groups in total. The zero-order chi connectivity index (χ0) is 14.6. The molecule has 0 radical (unpaired) electrons. The van der Waals surface area contributed by atoms with Crippen LogP contribution in [0.1, 0.15) is 26.3 Å². The van der Waals surface area contributed by atoms with Gasteiger partial charge in [-0.2, -0.15) is 0 Å². The molecule has 0 unspecified atom stereocenters. The molecule has 0 aromatic heterocycles. The Balaban J connectivity index is 2.96. The Kier molecular flexibility index (Phi) is 4.53. The standard InChI is InChI=1S/C14H21N3O2/c1-14(2,3)13(19)17(9-12(16)18)8-10-6-4-5-7-11(10)15/h4-7H,8-9,15H2,1-3H3,(H2,16,18). The van der Waals surface area contributed by atoms with Gasteiger partial charge in [0, 0.05) is 17.6 Å². The van der Waals surface area contributed by atoms with Crippen LogP contribution in [0.15, 0.2) is 24.3 Å². The molecular weight excluding hydrogens is 242 g/mol. The molecule has 0 heterocycles. The molecule has 0 fully saturated rings. The summed E-state index contributed by atoms with van der Waals surface area (Å²) < 4.78 is 0. The van der Waals surface area contributed by atoms with Crippen molar-refractivity contribution in [3.05, 3.63) is 29.8 Å². The maximum absolute atomic E-state index is 12.3. The van der Waals surface area contributed by atoms with E-state index in [1.807, 2.05) is 18.2 Å². The van der Waals surface area contributed by atoms with Gasteiger partial charge in [-0.1, -0.05) is 39.0 Å². The average Bonchev–Trinajstić information content (AvgIpc) is 2.28. The fourth-order valence-electron chi connectivity index (χ4n) is 1.75. The van der Waals surface area contributed by atoms with Crippen LogP contribution in [0.5, 0.6) is 0 Å². The van der Waals surface area contributed by atoms with E-state index < -0.39 is 11.3 Å². The number of para-hydroxylation sites is 1. The van der Waals surface area contributed by atoms with Crippen LogP contribution in [0.3, 0.4) is 0 Å². The van der Waals surface area contributed by atoms with Gasteiger partial charge >= 0.3 is 0 Å². The van der Waals surface area contributed by atoms with Crippen LogP contribution < -0.4 is 11.5 Å². The highest BCUT2D eigenvalue weighted by atomic mass is 16.2. The Hall–Kier alpha value is -2.04. The first-order chi connectivity index (χ1) is 8.71. The number of carbonyl (C=O) groups excluding carboxylic acids is 2. The number of hydrogen-bond donors (Lipinski definition) is 2. The quantitative estimate of drug-likeness (QED) is 0.798. The number of rotatable bonds is 4. The molecule has 104 valence electrons. The Morgan fingerprint density at radius 1 is 1.21 bits per heavy atom. The molecule has 1 aromatic rings. The second kappa shape index (κ2) is 5.73. The van der Waals surface area contributed by atoms with Gasteiger partial charge in [0.05, 0.1) is 6.54 Å². The van der Waals surface area contributed by atoms with E-state index in [2.05, 4.69) is 0 Å². The number of nitrogen functional groups attached to an aromatic ring is 1. The summed E-state index contributed by atoms with van der Waals surface area (Å²) in [4.78, 5) is 24.8. The van der Waals surface area contributed by atoms with E-state index in [1.165, 1.54) is 4.90 Å². The van der Waals surface area contributed by atoms with Crippen LogP contribution >= 0.6 is 0 Å². The number of benzene rings is 1. The summed E-state index contributed by atoms with van der Waals surface area (Å²) in [5.74, 6) is -0.665. The fourth-order valence-corrected chi connectivity index (χ4v) is 1.75. The molecule has 0 atom stereocenters. The highest BCUT2D eigenvalue weighted by Gasteiger charge is 2.28. The third kappa shape index (κ3) is 4.28. The van der Waals surface area contributed by atoms with E-state index in [0.29, 0.717) is 5.69 Å². The van der Waals surface area contributed by atoms with Crippen molar-refractivity contribution in [2.24, 2.45) is 11.1 Å². The minimum absolute atomic E-state index is 0.107. The first kappa shape index (κ1) is 15.0. The van der Waals surface area contributed by atoms with Gasteiger partial charge in [-0.25, -0.2) is 0 Å². The number of hydrogen-bond acceptors (Lipinski definition) is 3. The molecule has 0 saturated carbocycles. The summed E-state index contributed by atoms with van der Waals surface area (Å²) in [6, 6.07) is 7.26. The van der Waals surface area contributed by atoms with E-state index in [0.717, 1.165) is 5.56 Å². The average molecular weight is 263 g/mol. The van der Waals surface area contributed by atoms with Gasteiger partial charge < -0.3 is 16.4 Å². The molecular formula is C14H21N3O2. The van der Waals surface area contributed by atoms with Gasteiger partial charge in [0.1, 0.15) is 0 Å². The molecule has 0 aliphatic carbocycles. The van der Waals surface area contributed by atoms with Crippen molar-refractivity contribution >= 4 is 17.5 Å². The lowest BCUT2D eigenvalue weighted by Crippen LogP contribution is -2.43. The van der Waals surface area contributed by atoms with Crippen molar-refractivity contribution < 1.29 is 9.59 Å². The number of primary amides is 1. The molecule has 1 aromatic carbocycles. The normalized spacial score (nSPS) is 11.1. The highest BCUT2D eigenvalue weighted by molar-refractivity contribution is 5.86. The summed E-state index contributed by atoms with van der Waals surface area (Å²) in [5, 5.41) is 0. The maximum Gasteiger partial charge on any atom is 0.237 e. The first-order valence-corrected chi connectivity index (χ1v) is 6.13. The monoisotopic (exact) mass is 263 g/mol. The fraction of sp³-hybridized carbons (Fsp3) is 0.429. The lowest BCUT2D eigenvalue weighted by Gasteiger charge is -2.29. The molecule has 2 amide bonds. The van der Waals surface area contributed by atoms with Crippen LogP contribution in [-0.2, 0) is 16.1 Å². The highest BCUT2D eigenvalue weighted by Crippen LogP contribution is 2.20. The van der Waals surface area contributed by atoms with E-state index in [9.17, 15) is 9.59 Å². The maximum atomic E-state index is 12.3. The van der Waals surface area contributed by atoms with Gasteiger partial charge in [0.25, 0.3) is 0 Å².